The van der Waals surface area contributed by atoms with Crippen LogP contribution in [0.15, 0.2) is 60.8 Å². The van der Waals surface area contributed by atoms with Crippen molar-refractivity contribution in [2.24, 2.45) is 5.92 Å². The maximum absolute atomic E-state index is 13.6. The van der Waals surface area contributed by atoms with E-state index in [1.54, 1.807) is 0 Å². The van der Waals surface area contributed by atoms with E-state index in [0.717, 1.165) is 36.4 Å². The summed E-state index contributed by atoms with van der Waals surface area (Å²) in [7, 11) is 0. The number of rotatable bonds is 3. The fourth-order valence-electron chi connectivity index (χ4n) is 4.45. The molecular formula is C26H28F2N2O. The summed E-state index contributed by atoms with van der Waals surface area (Å²) in [5.41, 5.74) is 3.74. The molecule has 3 nitrogen and oxygen atoms in total. The second kappa shape index (κ2) is 8.29. The molecule has 3 aromatic rings. The number of carbonyl (C=O) groups is 1. The molecule has 162 valence electrons. The molecule has 0 saturated carbocycles. The molecule has 1 amide bonds. The van der Waals surface area contributed by atoms with Gasteiger partial charge in [0.2, 0.25) is 5.91 Å². The number of hydrogen-bond donors (Lipinski definition) is 1. The molecule has 0 spiro atoms. The molecule has 0 saturated heterocycles. The van der Waals surface area contributed by atoms with Crippen molar-refractivity contribution in [3.63, 3.8) is 0 Å². The predicted octanol–water partition coefficient (Wildman–Crippen LogP) is 6.24. The van der Waals surface area contributed by atoms with E-state index in [2.05, 4.69) is 67.2 Å². The second-order valence-corrected chi connectivity index (χ2v) is 9.34. The molecular weight excluding hydrogens is 394 g/mol. The standard InChI is InChI=1S/C26H28F2N2O/c1-26(2,3)18-10-8-17(9-11-18)24-20(6-4-14-30-15-5-7-23(24)30)25(31)29-19-12-13-21(27)22(28)16-19/h5,7-13,15-16,20,24H,4,6,14H2,1-3H3,(H,29,31). The Kier molecular flexibility index (Phi) is 5.69. The van der Waals surface area contributed by atoms with Gasteiger partial charge in [0.25, 0.3) is 0 Å². The average molecular weight is 423 g/mol. The fraction of sp³-hybridized carbons (Fsp3) is 0.346. The van der Waals surface area contributed by atoms with E-state index >= 15 is 0 Å². The van der Waals surface area contributed by atoms with Crippen molar-refractivity contribution in [2.75, 3.05) is 5.32 Å². The van der Waals surface area contributed by atoms with Gasteiger partial charge in [-0.15, -0.1) is 0 Å². The fourth-order valence-corrected chi connectivity index (χ4v) is 4.45. The van der Waals surface area contributed by atoms with Crippen molar-refractivity contribution in [3.8, 4) is 0 Å². The smallest absolute Gasteiger partial charge is 0.228 e. The predicted molar refractivity (Wildman–Crippen MR) is 119 cm³/mol. The van der Waals surface area contributed by atoms with Gasteiger partial charge in [0.1, 0.15) is 0 Å². The van der Waals surface area contributed by atoms with Crippen LogP contribution >= 0.6 is 0 Å². The SMILES string of the molecule is CC(C)(C)c1ccc(C2c3cccn3CCCC2C(=O)Nc2ccc(F)c(F)c2)cc1. The zero-order chi connectivity index (χ0) is 22.2. The molecule has 0 fully saturated rings. The minimum atomic E-state index is -0.970. The number of benzene rings is 2. The molecule has 0 radical (unpaired) electrons. The lowest BCUT2D eigenvalue weighted by atomic mass is 9.79. The number of carbonyl (C=O) groups excluding carboxylic acids is 1. The van der Waals surface area contributed by atoms with E-state index in [1.165, 1.54) is 11.6 Å². The molecule has 5 heteroatoms. The number of anilines is 1. The molecule has 1 aliphatic heterocycles. The van der Waals surface area contributed by atoms with Crippen LogP contribution in [0.4, 0.5) is 14.5 Å². The minimum absolute atomic E-state index is 0.0473. The summed E-state index contributed by atoms with van der Waals surface area (Å²) >= 11 is 0. The third-order valence-corrected chi connectivity index (χ3v) is 6.16. The summed E-state index contributed by atoms with van der Waals surface area (Å²) in [5.74, 6) is -2.50. The maximum atomic E-state index is 13.6. The summed E-state index contributed by atoms with van der Waals surface area (Å²) in [6.45, 7) is 7.39. The molecule has 4 rings (SSSR count). The normalized spacial score (nSPS) is 18.9. The highest BCUT2D eigenvalue weighted by atomic mass is 19.2. The maximum Gasteiger partial charge on any atom is 0.228 e. The number of fused-ring (bicyclic) bond motifs is 1. The third kappa shape index (κ3) is 4.41. The Morgan fingerprint density at radius 3 is 2.45 bits per heavy atom. The quantitative estimate of drug-likeness (QED) is 0.532. The first-order valence-electron chi connectivity index (χ1n) is 10.8. The molecule has 2 heterocycles. The monoisotopic (exact) mass is 422 g/mol. The topological polar surface area (TPSA) is 34.0 Å². The van der Waals surface area contributed by atoms with Gasteiger partial charge in [-0.1, -0.05) is 45.0 Å². The lowest BCUT2D eigenvalue weighted by molar-refractivity contribution is -0.120. The van der Waals surface area contributed by atoms with Gasteiger partial charge < -0.3 is 9.88 Å². The van der Waals surface area contributed by atoms with Crippen LogP contribution in [0.1, 0.15) is 56.4 Å². The summed E-state index contributed by atoms with van der Waals surface area (Å²) < 4.78 is 29.1. The van der Waals surface area contributed by atoms with Crippen molar-refractivity contribution in [2.45, 2.75) is 51.5 Å². The number of amides is 1. The van der Waals surface area contributed by atoms with Crippen molar-refractivity contribution in [1.29, 1.82) is 0 Å². The van der Waals surface area contributed by atoms with E-state index in [9.17, 15) is 13.6 Å². The van der Waals surface area contributed by atoms with Gasteiger partial charge >= 0.3 is 0 Å². The number of hydrogen-bond acceptors (Lipinski definition) is 1. The highest BCUT2D eigenvalue weighted by molar-refractivity contribution is 5.93. The summed E-state index contributed by atoms with van der Waals surface area (Å²) in [4.78, 5) is 13.3. The molecule has 0 aliphatic carbocycles. The van der Waals surface area contributed by atoms with E-state index in [0.29, 0.717) is 6.42 Å². The number of aryl methyl sites for hydroxylation is 1. The molecule has 2 atom stereocenters. The summed E-state index contributed by atoms with van der Waals surface area (Å²) in [6.07, 6.45) is 3.64. The van der Waals surface area contributed by atoms with Gasteiger partial charge in [-0.05, 0) is 53.6 Å². The molecule has 2 unspecified atom stereocenters. The molecule has 2 aromatic carbocycles. The van der Waals surface area contributed by atoms with Crippen LogP contribution < -0.4 is 5.32 Å². The molecule has 1 N–H and O–H groups in total. The minimum Gasteiger partial charge on any atom is -0.351 e. The van der Waals surface area contributed by atoms with Crippen LogP contribution in [0.2, 0.25) is 0 Å². The Hall–Kier alpha value is -2.95. The molecule has 1 aromatic heterocycles. The molecule has 1 aliphatic rings. The first-order valence-corrected chi connectivity index (χ1v) is 10.8. The third-order valence-electron chi connectivity index (χ3n) is 6.16. The zero-order valence-corrected chi connectivity index (χ0v) is 18.2. The largest absolute Gasteiger partial charge is 0.351 e. The number of halogens is 2. The van der Waals surface area contributed by atoms with Crippen LogP contribution in [0.3, 0.4) is 0 Å². The molecule has 31 heavy (non-hydrogen) atoms. The van der Waals surface area contributed by atoms with Gasteiger partial charge in [0.15, 0.2) is 11.6 Å². The van der Waals surface area contributed by atoms with Crippen LogP contribution in [0.5, 0.6) is 0 Å². The van der Waals surface area contributed by atoms with Gasteiger partial charge in [-0.25, -0.2) is 8.78 Å². The van der Waals surface area contributed by atoms with E-state index < -0.39 is 11.6 Å². The second-order valence-electron chi connectivity index (χ2n) is 9.34. The Labute approximate surface area is 182 Å². The van der Waals surface area contributed by atoms with E-state index in [4.69, 9.17) is 0 Å². The Bertz CT molecular complexity index is 1080. The first kappa shape index (κ1) is 21.3. The van der Waals surface area contributed by atoms with Crippen molar-refractivity contribution >= 4 is 11.6 Å². The number of nitrogens with one attached hydrogen (secondary N) is 1. The van der Waals surface area contributed by atoms with E-state index in [-0.39, 0.29) is 28.8 Å². The first-order chi connectivity index (χ1) is 14.7. The van der Waals surface area contributed by atoms with Crippen LogP contribution in [0.25, 0.3) is 0 Å². The lowest BCUT2D eigenvalue weighted by Gasteiger charge is -2.27. The lowest BCUT2D eigenvalue weighted by Crippen LogP contribution is -2.29. The van der Waals surface area contributed by atoms with Crippen LogP contribution in [-0.4, -0.2) is 10.5 Å². The van der Waals surface area contributed by atoms with Gasteiger partial charge in [-0.3, -0.25) is 4.79 Å². The average Bonchev–Trinajstić information content (AvgIpc) is 3.10. The van der Waals surface area contributed by atoms with Crippen molar-refractivity contribution in [1.82, 2.24) is 4.57 Å². The summed E-state index contributed by atoms with van der Waals surface area (Å²) in [5, 5.41) is 2.81. The van der Waals surface area contributed by atoms with Crippen molar-refractivity contribution < 1.29 is 13.6 Å². The van der Waals surface area contributed by atoms with Gasteiger partial charge in [0.05, 0.1) is 5.92 Å². The highest BCUT2D eigenvalue weighted by Gasteiger charge is 2.34. The zero-order valence-electron chi connectivity index (χ0n) is 18.2. The van der Waals surface area contributed by atoms with E-state index in [1.807, 2.05) is 6.07 Å². The van der Waals surface area contributed by atoms with Crippen LogP contribution in [-0.2, 0) is 16.8 Å². The summed E-state index contributed by atoms with van der Waals surface area (Å²) in [6, 6.07) is 16.1. The Morgan fingerprint density at radius 1 is 1.03 bits per heavy atom. The highest BCUT2D eigenvalue weighted by Crippen LogP contribution is 2.39. The number of nitrogens with zero attached hydrogens (tertiary/aromatic N) is 1. The van der Waals surface area contributed by atoms with Gasteiger partial charge in [-0.2, -0.15) is 0 Å². The molecule has 0 bridgehead atoms. The Morgan fingerprint density at radius 2 is 1.77 bits per heavy atom. The van der Waals surface area contributed by atoms with Crippen LogP contribution in [0, 0.1) is 17.6 Å². The van der Waals surface area contributed by atoms with Crippen molar-refractivity contribution in [3.05, 3.63) is 89.2 Å². The van der Waals surface area contributed by atoms with Gasteiger partial charge in [0, 0.05) is 36.1 Å². The number of aromatic nitrogens is 1. The Balaban J connectivity index is 1.69.